The number of sulfonamides is 1. The second-order valence-corrected chi connectivity index (χ2v) is 7.08. The van der Waals surface area contributed by atoms with Gasteiger partial charge in [-0.15, -0.1) is 0 Å². The summed E-state index contributed by atoms with van der Waals surface area (Å²) in [6, 6.07) is -0.743. The highest BCUT2D eigenvalue weighted by molar-refractivity contribution is 7.89. The molecule has 0 radical (unpaired) electrons. The molecule has 2 heterocycles. The minimum absolute atomic E-state index is 0.00801. The molecule has 0 aromatic rings. The Morgan fingerprint density at radius 3 is 2.39 bits per heavy atom. The smallest absolute Gasteiger partial charge is 0.324 e. The van der Waals surface area contributed by atoms with Crippen molar-refractivity contribution in [1.29, 1.82) is 0 Å². The van der Waals surface area contributed by atoms with Crippen molar-refractivity contribution in [1.82, 2.24) is 14.5 Å². The second kappa shape index (κ2) is 4.51. The molecule has 0 bridgehead atoms. The summed E-state index contributed by atoms with van der Waals surface area (Å²) in [5.41, 5.74) is 0. The molecule has 0 saturated carbocycles. The van der Waals surface area contributed by atoms with Crippen LogP contribution in [-0.4, -0.2) is 61.0 Å². The molecule has 7 nitrogen and oxygen atoms in total. The lowest BCUT2D eigenvalue weighted by molar-refractivity contribution is -0.128. The first kappa shape index (κ1) is 13.3. The standard InChI is InChI=1S/C10H17N3O4S/c1-7(2)6-18(16,17)12-4-8(5-12)13-9(14)3-11-10(13)15/h7-8H,3-6H2,1-2H3,(H,11,15). The molecule has 0 aromatic heterocycles. The van der Waals surface area contributed by atoms with Crippen LogP contribution in [0.5, 0.6) is 0 Å². The van der Waals surface area contributed by atoms with Crippen molar-refractivity contribution < 1.29 is 18.0 Å². The second-order valence-electron chi connectivity index (χ2n) is 5.07. The lowest BCUT2D eigenvalue weighted by atomic mass is 10.1. The van der Waals surface area contributed by atoms with E-state index >= 15 is 0 Å². The highest BCUT2D eigenvalue weighted by Gasteiger charge is 2.45. The van der Waals surface area contributed by atoms with Crippen molar-refractivity contribution in [2.45, 2.75) is 19.9 Å². The first-order valence-corrected chi connectivity index (χ1v) is 7.50. The molecule has 0 aliphatic carbocycles. The predicted molar refractivity (Wildman–Crippen MR) is 64.2 cm³/mol. The fourth-order valence-corrected chi connectivity index (χ4v) is 3.99. The van der Waals surface area contributed by atoms with Gasteiger partial charge in [0.05, 0.1) is 18.3 Å². The van der Waals surface area contributed by atoms with Crippen molar-refractivity contribution in [3.8, 4) is 0 Å². The van der Waals surface area contributed by atoms with Gasteiger partial charge in [0.2, 0.25) is 15.9 Å². The number of imide groups is 1. The maximum Gasteiger partial charge on any atom is 0.324 e. The lowest BCUT2D eigenvalue weighted by Gasteiger charge is -2.41. The van der Waals surface area contributed by atoms with Gasteiger partial charge in [0.15, 0.2) is 0 Å². The van der Waals surface area contributed by atoms with Crippen molar-refractivity contribution in [2.75, 3.05) is 25.4 Å². The van der Waals surface area contributed by atoms with E-state index in [1.165, 1.54) is 4.31 Å². The van der Waals surface area contributed by atoms with Crippen LogP contribution in [0.25, 0.3) is 0 Å². The molecule has 2 rings (SSSR count). The molecule has 0 atom stereocenters. The zero-order valence-electron chi connectivity index (χ0n) is 10.4. The molecule has 1 N–H and O–H groups in total. The van der Waals surface area contributed by atoms with Crippen LogP contribution in [0.4, 0.5) is 4.79 Å². The van der Waals surface area contributed by atoms with Crippen LogP contribution in [0.1, 0.15) is 13.8 Å². The third-order valence-electron chi connectivity index (χ3n) is 3.01. The number of nitrogens with zero attached hydrogens (tertiary/aromatic N) is 2. The number of nitrogens with one attached hydrogen (secondary N) is 1. The van der Waals surface area contributed by atoms with Crippen LogP contribution in [0.3, 0.4) is 0 Å². The summed E-state index contributed by atoms with van der Waals surface area (Å²) in [6.07, 6.45) is 0. The van der Waals surface area contributed by atoms with Crippen LogP contribution in [0.15, 0.2) is 0 Å². The number of carbonyl (C=O) groups is 2. The van der Waals surface area contributed by atoms with Gasteiger partial charge < -0.3 is 5.32 Å². The van der Waals surface area contributed by atoms with Crippen LogP contribution in [-0.2, 0) is 14.8 Å². The van der Waals surface area contributed by atoms with Gasteiger partial charge in [-0.3, -0.25) is 9.69 Å². The summed E-state index contributed by atoms with van der Waals surface area (Å²) in [5, 5.41) is 2.42. The Bertz CT molecular complexity index is 452. The van der Waals surface area contributed by atoms with Crippen molar-refractivity contribution in [3.63, 3.8) is 0 Å². The summed E-state index contributed by atoms with van der Waals surface area (Å²) >= 11 is 0. The van der Waals surface area contributed by atoms with E-state index in [-0.39, 0.29) is 43.3 Å². The van der Waals surface area contributed by atoms with Crippen LogP contribution in [0, 0.1) is 5.92 Å². The van der Waals surface area contributed by atoms with E-state index in [4.69, 9.17) is 0 Å². The average molecular weight is 275 g/mol. The zero-order valence-corrected chi connectivity index (χ0v) is 11.2. The molecule has 0 unspecified atom stereocenters. The van der Waals surface area contributed by atoms with Crippen molar-refractivity contribution in [3.05, 3.63) is 0 Å². The SMILES string of the molecule is CC(C)CS(=O)(=O)N1CC(N2C(=O)CNC2=O)C1. The van der Waals surface area contributed by atoms with Gasteiger partial charge in [-0.1, -0.05) is 13.8 Å². The minimum atomic E-state index is -3.26. The van der Waals surface area contributed by atoms with E-state index in [0.29, 0.717) is 0 Å². The van der Waals surface area contributed by atoms with Gasteiger partial charge in [-0.2, -0.15) is 4.31 Å². The molecule has 18 heavy (non-hydrogen) atoms. The average Bonchev–Trinajstić information content (AvgIpc) is 2.44. The minimum Gasteiger partial charge on any atom is -0.329 e. The van der Waals surface area contributed by atoms with Gasteiger partial charge >= 0.3 is 6.03 Å². The normalized spacial score (nSPS) is 22.5. The Kier molecular flexibility index (Phi) is 3.33. The van der Waals surface area contributed by atoms with Crippen LogP contribution < -0.4 is 5.32 Å². The maximum atomic E-state index is 11.9. The quantitative estimate of drug-likeness (QED) is 0.681. The molecule has 2 aliphatic heterocycles. The highest BCUT2D eigenvalue weighted by Crippen LogP contribution is 2.22. The first-order valence-electron chi connectivity index (χ1n) is 5.89. The molecule has 0 aromatic carbocycles. The molecule has 2 aliphatic rings. The van der Waals surface area contributed by atoms with Crippen LogP contribution in [0.2, 0.25) is 0 Å². The molecule has 102 valence electrons. The summed E-state index contributed by atoms with van der Waals surface area (Å²) in [4.78, 5) is 23.9. The number of amides is 3. The summed E-state index contributed by atoms with van der Waals surface area (Å²) in [7, 11) is -3.26. The molecule has 8 heteroatoms. The molecule has 2 saturated heterocycles. The lowest BCUT2D eigenvalue weighted by Crippen LogP contribution is -2.62. The number of rotatable bonds is 4. The fraction of sp³-hybridized carbons (Fsp3) is 0.800. The van der Waals surface area contributed by atoms with Gasteiger partial charge in [-0.05, 0) is 5.92 Å². The largest absolute Gasteiger partial charge is 0.329 e. The fourth-order valence-electron chi connectivity index (χ4n) is 2.14. The van der Waals surface area contributed by atoms with E-state index in [0.717, 1.165) is 4.90 Å². The topological polar surface area (TPSA) is 86.8 Å². The predicted octanol–water partition coefficient (Wildman–Crippen LogP) is -0.792. The molecule has 0 spiro atoms. The van der Waals surface area contributed by atoms with E-state index in [1.54, 1.807) is 0 Å². The molecular weight excluding hydrogens is 258 g/mol. The maximum absolute atomic E-state index is 11.9. The Hall–Kier alpha value is -1.15. The third-order valence-corrected chi connectivity index (χ3v) is 5.18. The van der Waals surface area contributed by atoms with Gasteiger partial charge in [0.1, 0.15) is 0 Å². The Balaban J connectivity index is 1.95. The van der Waals surface area contributed by atoms with Crippen LogP contribution >= 0.6 is 0 Å². The monoisotopic (exact) mass is 275 g/mol. The molecular formula is C10H17N3O4S. The van der Waals surface area contributed by atoms with Gasteiger partial charge in [0, 0.05) is 13.1 Å². The highest BCUT2D eigenvalue weighted by atomic mass is 32.2. The van der Waals surface area contributed by atoms with Crippen molar-refractivity contribution >= 4 is 22.0 Å². The first-order chi connectivity index (χ1) is 8.31. The number of urea groups is 1. The van der Waals surface area contributed by atoms with E-state index in [9.17, 15) is 18.0 Å². The summed E-state index contributed by atoms with van der Waals surface area (Å²) in [6.45, 7) is 4.12. The third kappa shape index (κ3) is 2.35. The van der Waals surface area contributed by atoms with E-state index < -0.39 is 16.1 Å². The Morgan fingerprint density at radius 1 is 1.33 bits per heavy atom. The van der Waals surface area contributed by atoms with Gasteiger partial charge in [-0.25, -0.2) is 13.2 Å². The number of hydrogen-bond donors (Lipinski definition) is 1. The Labute approximate surface area is 106 Å². The summed E-state index contributed by atoms with van der Waals surface area (Å²) < 4.78 is 25.1. The van der Waals surface area contributed by atoms with E-state index in [1.807, 2.05) is 13.8 Å². The molecule has 2 fully saturated rings. The van der Waals surface area contributed by atoms with Crippen molar-refractivity contribution in [2.24, 2.45) is 5.92 Å². The van der Waals surface area contributed by atoms with E-state index in [2.05, 4.69) is 5.32 Å². The number of carbonyl (C=O) groups excluding carboxylic acids is 2. The van der Waals surface area contributed by atoms with Gasteiger partial charge in [0.25, 0.3) is 0 Å². The zero-order chi connectivity index (χ0) is 13.5. The Morgan fingerprint density at radius 2 is 1.94 bits per heavy atom. The molecule has 3 amide bonds. The summed E-state index contributed by atoms with van der Waals surface area (Å²) in [5.74, 6) is -0.128. The number of hydrogen-bond acceptors (Lipinski definition) is 4.